The molecule has 0 aromatic heterocycles. The van der Waals surface area contributed by atoms with Crippen LogP contribution in [0.1, 0.15) is 23.6 Å². The number of nitrogens with zero attached hydrogens (tertiary/aromatic N) is 2. The van der Waals surface area contributed by atoms with Gasteiger partial charge in [0, 0.05) is 5.39 Å². The third kappa shape index (κ3) is 4.73. The van der Waals surface area contributed by atoms with E-state index in [1.54, 1.807) is 4.90 Å². The molecule has 0 bridgehead atoms. The van der Waals surface area contributed by atoms with Crippen LogP contribution in [-0.4, -0.2) is 17.7 Å². The number of aliphatic imine (C=N–C) groups is 1. The molecular weight excluding hydrogens is 452 g/mol. The summed E-state index contributed by atoms with van der Waals surface area (Å²) in [5.41, 5.74) is 4.90. The first-order valence-electron chi connectivity index (χ1n) is 11.6. The van der Waals surface area contributed by atoms with Crippen LogP contribution in [0.25, 0.3) is 16.8 Å². The van der Waals surface area contributed by atoms with Crippen molar-refractivity contribution in [3.05, 3.63) is 107 Å². The number of hydrogen-bond donors (Lipinski definition) is 0. The molecule has 1 fully saturated rings. The molecule has 4 nitrogen and oxygen atoms in total. The third-order valence-electron chi connectivity index (χ3n) is 5.86. The van der Waals surface area contributed by atoms with Gasteiger partial charge < -0.3 is 4.74 Å². The first-order chi connectivity index (χ1) is 17.0. The maximum atomic E-state index is 13.7. The van der Waals surface area contributed by atoms with E-state index in [-0.39, 0.29) is 5.91 Å². The molecule has 5 heteroatoms. The number of carbonyl (C=O) groups is 1. The van der Waals surface area contributed by atoms with Crippen molar-refractivity contribution >= 4 is 51.1 Å². The number of amidine groups is 1. The molecule has 1 aliphatic heterocycles. The molecule has 35 heavy (non-hydrogen) atoms. The number of aryl methyl sites for hydroxylation is 2. The Bertz CT molecular complexity index is 1450. The molecular formula is C30H26N2O2S. The molecule has 4 aromatic rings. The fraction of sp³-hybridized carbons (Fsp3) is 0.133. The fourth-order valence-electron chi connectivity index (χ4n) is 4.04. The number of carbonyl (C=O) groups excluding carboxylic acids is 1. The van der Waals surface area contributed by atoms with Crippen LogP contribution in [0.4, 0.5) is 11.4 Å². The average Bonchev–Trinajstić information content (AvgIpc) is 3.17. The lowest BCUT2D eigenvalue weighted by atomic mass is 10.0. The summed E-state index contributed by atoms with van der Waals surface area (Å²) in [5.74, 6) is 0.765. The van der Waals surface area contributed by atoms with E-state index in [2.05, 4.69) is 12.1 Å². The zero-order valence-corrected chi connectivity index (χ0v) is 20.8. The number of benzene rings is 4. The molecule has 1 saturated heterocycles. The topological polar surface area (TPSA) is 41.9 Å². The highest BCUT2D eigenvalue weighted by Gasteiger charge is 2.34. The van der Waals surface area contributed by atoms with Crippen molar-refractivity contribution < 1.29 is 9.53 Å². The summed E-state index contributed by atoms with van der Waals surface area (Å²) < 4.78 is 5.82. The van der Waals surface area contributed by atoms with Crippen LogP contribution < -0.4 is 9.64 Å². The van der Waals surface area contributed by atoms with Crippen molar-refractivity contribution in [1.82, 2.24) is 0 Å². The summed E-state index contributed by atoms with van der Waals surface area (Å²) in [6.07, 6.45) is 1.96. The van der Waals surface area contributed by atoms with Crippen LogP contribution in [0, 0.1) is 13.8 Å². The van der Waals surface area contributed by atoms with Gasteiger partial charge in [0.2, 0.25) is 0 Å². The molecule has 1 aliphatic rings. The predicted octanol–water partition coefficient (Wildman–Crippen LogP) is 7.66. The third-order valence-corrected chi connectivity index (χ3v) is 6.83. The minimum absolute atomic E-state index is 0.0809. The number of hydrogen-bond acceptors (Lipinski definition) is 4. The van der Waals surface area contributed by atoms with E-state index in [0.717, 1.165) is 39.0 Å². The van der Waals surface area contributed by atoms with E-state index in [4.69, 9.17) is 9.73 Å². The van der Waals surface area contributed by atoms with Gasteiger partial charge in [-0.15, -0.1) is 0 Å². The van der Waals surface area contributed by atoms with Gasteiger partial charge in [0.15, 0.2) is 5.17 Å². The molecule has 0 radical (unpaired) electrons. The molecule has 4 aromatic carbocycles. The molecule has 0 atom stereocenters. The van der Waals surface area contributed by atoms with Gasteiger partial charge in [-0.05, 0) is 79.9 Å². The second kappa shape index (κ2) is 9.80. The van der Waals surface area contributed by atoms with Crippen molar-refractivity contribution in [2.75, 3.05) is 11.5 Å². The smallest absolute Gasteiger partial charge is 0.271 e. The zero-order chi connectivity index (χ0) is 24.4. The predicted molar refractivity (Wildman–Crippen MR) is 148 cm³/mol. The Morgan fingerprint density at radius 3 is 2.20 bits per heavy atom. The largest absolute Gasteiger partial charge is 0.493 e. The lowest BCUT2D eigenvalue weighted by molar-refractivity contribution is -0.113. The van der Waals surface area contributed by atoms with Crippen molar-refractivity contribution in [2.45, 2.75) is 20.8 Å². The van der Waals surface area contributed by atoms with Gasteiger partial charge in [0.1, 0.15) is 5.75 Å². The molecule has 1 heterocycles. The minimum atomic E-state index is -0.0809. The number of rotatable bonds is 5. The molecule has 0 unspecified atom stereocenters. The van der Waals surface area contributed by atoms with Crippen LogP contribution >= 0.6 is 11.8 Å². The summed E-state index contributed by atoms with van der Waals surface area (Å²) in [6, 6.07) is 28.1. The summed E-state index contributed by atoms with van der Waals surface area (Å²) in [6.45, 7) is 6.66. The number of anilines is 1. The lowest BCUT2D eigenvalue weighted by Crippen LogP contribution is -2.28. The van der Waals surface area contributed by atoms with E-state index < -0.39 is 0 Å². The van der Waals surface area contributed by atoms with Crippen LogP contribution in [0.2, 0.25) is 0 Å². The quantitative estimate of drug-likeness (QED) is 0.276. The van der Waals surface area contributed by atoms with Crippen LogP contribution in [0.3, 0.4) is 0 Å². The lowest BCUT2D eigenvalue weighted by Gasteiger charge is -2.16. The summed E-state index contributed by atoms with van der Waals surface area (Å²) in [5, 5.41) is 2.72. The first-order valence-corrected chi connectivity index (χ1v) is 12.5. The molecule has 0 aliphatic carbocycles. The monoisotopic (exact) mass is 478 g/mol. The number of amides is 1. The summed E-state index contributed by atoms with van der Waals surface area (Å²) in [7, 11) is 0. The van der Waals surface area contributed by atoms with Crippen LogP contribution in [0.15, 0.2) is 94.8 Å². The van der Waals surface area contributed by atoms with Gasteiger partial charge in [0.05, 0.1) is 22.9 Å². The van der Waals surface area contributed by atoms with Crippen molar-refractivity contribution in [3.63, 3.8) is 0 Å². The number of fused-ring (bicyclic) bond motifs is 1. The van der Waals surface area contributed by atoms with Crippen LogP contribution in [0.5, 0.6) is 5.75 Å². The molecule has 174 valence electrons. The molecule has 0 saturated carbocycles. The van der Waals surface area contributed by atoms with Gasteiger partial charge in [0.25, 0.3) is 5.91 Å². The highest BCUT2D eigenvalue weighted by Crippen LogP contribution is 2.39. The fourth-order valence-corrected chi connectivity index (χ4v) is 5.04. The Labute approximate surface area is 210 Å². The van der Waals surface area contributed by atoms with E-state index >= 15 is 0 Å². The van der Waals surface area contributed by atoms with E-state index in [1.165, 1.54) is 17.3 Å². The standard InChI is InChI=1S/C30H26N2O2S/c1-4-34-27-18-13-22(25-7-5-6-8-26(25)27)19-28-29(33)32(24-16-11-21(3)12-17-24)30(35-28)31-23-14-9-20(2)10-15-23/h5-19H,4H2,1-3H3/b28-19+,31-30?. The first kappa shape index (κ1) is 22.9. The molecule has 0 spiro atoms. The van der Waals surface area contributed by atoms with Gasteiger partial charge in [-0.25, -0.2) is 4.99 Å². The maximum absolute atomic E-state index is 13.7. The van der Waals surface area contributed by atoms with E-state index in [1.807, 2.05) is 99.6 Å². The van der Waals surface area contributed by atoms with Gasteiger partial charge in [-0.1, -0.05) is 65.7 Å². The number of ether oxygens (including phenoxy) is 1. The Morgan fingerprint density at radius 1 is 0.857 bits per heavy atom. The van der Waals surface area contributed by atoms with E-state index in [0.29, 0.717) is 16.7 Å². The normalized spacial score (nSPS) is 16.0. The van der Waals surface area contributed by atoms with Crippen LogP contribution in [-0.2, 0) is 4.79 Å². The molecule has 0 N–H and O–H groups in total. The highest BCUT2D eigenvalue weighted by atomic mass is 32.2. The van der Waals surface area contributed by atoms with Crippen molar-refractivity contribution in [2.24, 2.45) is 4.99 Å². The van der Waals surface area contributed by atoms with Crippen molar-refractivity contribution in [3.8, 4) is 5.75 Å². The highest BCUT2D eigenvalue weighted by molar-refractivity contribution is 8.19. The van der Waals surface area contributed by atoms with Gasteiger partial charge in [-0.2, -0.15) is 0 Å². The number of thioether (sulfide) groups is 1. The Kier molecular flexibility index (Phi) is 6.43. The van der Waals surface area contributed by atoms with Gasteiger partial charge >= 0.3 is 0 Å². The van der Waals surface area contributed by atoms with Gasteiger partial charge in [-0.3, -0.25) is 9.69 Å². The average molecular weight is 479 g/mol. The Hall–Kier alpha value is -3.83. The maximum Gasteiger partial charge on any atom is 0.271 e. The van der Waals surface area contributed by atoms with Crippen molar-refractivity contribution in [1.29, 1.82) is 0 Å². The Balaban J connectivity index is 1.60. The summed E-state index contributed by atoms with van der Waals surface area (Å²) >= 11 is 1.40. The van der Waals surface area contributed by atoms with E-state index in [9.17, 15) is 4.79 Å². The minimum Gasteiger partial charge on any atom is -0.493 e. The molecule has 1 amide bonds. The second-order valence-corrected chi connectivity index (χ2v) is 9.46. The SMILES string of the molecule is CCOc1ccc(/C=C2/SC(=Nc3ccc(C)cc3)N(c3ccc(C)cc3)C2=O)c2ccccc12. The second-order valence-electron chi connectivity index (χ2n) is 8.45. The Morgan fingerprint density at radius 2 is 1.51 bits per heavy atom. The zero-order valence-electron chi connectivity index (χ0n) is 20.0. The summed E-state index contributed by atoms with van der Waals surface area (Å²) in [4.78, 5) is 20.9. The molecule has 5 rings (SSSR count).